The van der Waals surface area contributed by atoms with Crippen molar-refractivity contribution in [2.24, 2.45) is 0 Å². The van der Waals surface area contributed by atoms with Crippen LogP contribution in [0, 0.1) is 0 Å². The lowest BCUT2D eigenvalue weighted by atomic mass is 9.85. The van der Waals surface area contributed by atoms with Crippen LogP contribution in [0.1, 0.15) is 75.3 Å². The Balaban J connectivity index is 2.12. The van der Waals surface area contributed by atoms with E-state index in [0.717, 1.165) is 19.3 Å². The zero-order chi connectivity index (χ0) is 18.9. The van der Waals surface area contributed by atoms with Crippen LogP contribution in [0.4, 0.5) is 0 Å². The van der Waals surface area contributed by atoms with E-state index >= 15 is 0 Å². The molecule has 2 aromatic carbocycles. The van der Waals surface area contributed by atoms with Gasteiger partial charge in [-0.1, -0.05) is 64.0 Å². The van der Waals surface area contributed by atoms with E-state index in [1.165, 1.54) is 44.2 Å². The van der Waals surface area contributed by atoms with E-state index in [2.05, 4.69) is 6.92 Å². The van der Waals surface area contributed by atoms with Crippen LogP contribution in [-0.4, -0.2) is 20.4 Å². The van der Waals surface area contributed by atoms with Crippen molar-refractivity contribution in [2.45, 2.75) is 64.2 Å². The Labute approximate surface area is 155 Å². The molecule has 142 valence electrons. The number of benzene rings is 2. The molecular formula is C22H30O4. The Morgan fingerprint density at radius 1 is 0.654 bits per heavy atom. The van der Waals surface area contributed by atoms with Gasteiger partial charge in [-0.05, 0) is 18.6 Å². The Kier molecular flexibility index (Phi) is 7.64. The zero-order valence-electron chi connectivity index (χ0n) is 15.5. The lowest BCUT2D eigenvalue weighted by Gasteiger charge is -2.20. The van der Waals surface area contributed by atoms with Crippen molar-refractivity contribution in [3.8, 4) is 23.0 Å². The molecular weight excluding hydrogens is 328 g/mol. The van der Waals surface area contributed by atoms with E-state index in [4.69, 9.17) is 0 Å². The van der Waals surface area contributed by atoms with Gasteiger partial charge in [-0.2, -0.15) is 0 Å². The molecule has 0 unspecified atom stereocenters. The first-order valence-corrected chi connectivity index (χ1v) is 9.56. The number of phenols is 4. The van der Waals surface area contributed by atoms with Gasteiger partial charge in [0.1, 0.15) is 23.0 Å². The van der Waals surface area contributed by atoms with Crippen LogP contribution >= 0.6 is 0 Å². The molecule has 0 amide bonds. The highest BCUT2D eigenvalue weighted by Gasteiger charge is 2.21. The number of unbranched alkanes of at least 4 members (excludes halogenated alkanes) is 6. The highest BCUT2D eigenvalue weighted by Crippen LogP contribution is 2.41. The first kappa shape index (κ1) is 20.0. The smallest absolute Gasteiger partial charge is 0.123 e. The average Bonchev–Trinajstić information content (AvgIpc) is 2.59. The summed E-state index contributed by atoms with van der Waals surface area (Å²) < 4.78 is 0. The summed E-state index contributed by atoms with van der Waals surface area (Å²) in [5, 5.41) is 39.7. The van der Waals surface area contributed by atoms with Gasteiger partial charge in [-0.3, -0.25) is 0 Å². The predicted molar refractivity (Wildman–Crippen MR) is 104 cm³/mol. The third kappa shape index (κ3) is 5.58. The second-order valence-corrected chi connectivity index (χ2v) is 6.95. The van der Waals surface area contributed by atoms with Gasteiger partial charge in [-0.25, -0.2) is 0 Å². The summed E-state index contributed by atoms with van der Waals surface area (Å²) >= 11 is 0. The van der Waals surface area contributed by atoms with Gasteiger partial charge in [0.25, 0.3) is 0 Å². The van der Waals surface area contributed by atoms with Gasteiger partial charge in [0.15, 0.2) is 0 Å². The summed E-state index contributed by atoms with van der Waals surface area (Å²) in [4.78, 5) is 0. The molecule has 0 aliphatic rings. The molecule has 26 heavy (non-hydrogen) atoms. The Hall–Kier alpha value is -2.36. The van der Waals surface area contributed by atoms with Crippen molar-refractivity contribution in [2.75, 3.05) is 0 Å². The topological polar surface area (TPSA) is 80.9 Å². The molecule has 0 aromatic heterocycles. The molecule has 4 N–H and O–H groups in total. The van der Waals surface area contributed by atoms with Crippen LogP contribution in [0.25, 0.3) is 0 Å². The molecule has 0 spiro atoms. The van der Waals surface area contributed by atoms with Crippen molar-refractivity contribution in [3.63, 3.8) is 0 Å². The molecule has 0 fully saturated rings. The van der Waals surface area contributed by atoms with Crippen molar-refractivity contribution < 1.29 is 20.4 Å². The van der Waals surface area contributed by atoms with E-state index in [0.29, 0.717) is 11.1 Å². The fraction of sp³-hybridized carbons (Fsp3) is 0.455. The zero-order valence-corrected chi connectivity index (χ0v) is 15.5. The van der Waals surface area contributed by atoms with Crippen molar-refractivity contribution in [3.05, 3.63) is 47.5 Å². The molecule has 4 nitrogen and oxygen atoms in total. The summed E-state index contributed by atoms with van der Waals surface area (Å²) in [6, 6.07) is 9.13. The maximum Gasteiger partial charge on any atom is 0.123 e. The standard InChI is InChI=1S/C22H30O4/c1-2-3-4-5-6-7-8-9-18(19-12-10-16(23)14-21(19)25)20-13-11-17(24)15-22(20)26/h10-15,18,23-26H,2-9H2,1H3. The summed E-state index contributed by atoms with van der Waals surface area (Å²) in [7, 11) is 0. The number of hydrogen-bond acceptors (Lipinski definition) is 4. The number of rotatable bonds is 10. The molecule has 0 aliphatic heterocycles. The maximum atomic E-state index is 10.3. The number of hydrogen-bond donors (Lipinski definition) is 4. The molecule has 0 atom stereocenters. The van der Waals surface area contributed by atoms with Gasteiger partial charge in [-0.15, -0.1) is 0 Å². The largest absolute Gasteiger partial charge is 0.508 e. The van der Waals surface area contributed by atoms with Crippen LogP contribution in [0.5, 0.6) is 23.0 Å². The van der Waals surface area contributed by atoms with Crippen LogP contribution < -0.4 is 0 Å². The monoisotopic (exact) mass is 358 g/mol. The second kappa shape index (κ2) is 9.95. The van der Waals surface area contributed by atoms with E-state index < -0.39 is 0 Å². The van der Waals surface area contributed by atoms with E-state index in [1.54, 1.807) is 24.3 Å². The highest BCUT2D eigenvalue weighted by atomic mass is 16.3. The van der Waals surface area contributed by atoms with Gasteiger partial charge >= 0.3 is 0 Å². The molecule has 0 aliphatic carbocycles. The van der Waals surface area contributed by atoms with Gasteiger partial charge in [0.05, 0.1) is 0 Å². The Morgan fingerprint density at radius 3 is 1.58 bits per heavy atom. The maximum absolute atomic E-state index is 10.3. The van der Waals surface area contributed by atoms with Crippen molar-refractivity contribution in [1.82, 2.24) is 0 Å². The van der Waals surface area contributed by atoms with Gasteiger partial charge in [0, 0.05) is 29.2 Å². The summed E-state index contributed by atoms with van der Waals surface area (Å²) in [5.41, 5.74) is 1.35. The normalized spacial score (nSPS) is 11.2. The van der Waals surface area contributed by atoms with E-state index in [1.807, 2.05) is 0 Å². The molecule has 2 aromatic rings. The fourth-order valence-electron chi connectivity index (χ4n) is 3.44. The quantitative estimate of drug-likeness (QED) is 0.406. The van der Waals surface area contributed by atoms with Gasteiger partial charge < -0.3 is 20.4 Å². The first-order chi connectivity index (χ1) is 12.5. The minimum Gasteiger partial charge on any atom is -0.508 e. The third-order valence-corrected chi connectivity index (χ3v) is 4.88. The van der Waals surface area contributed by atoms with E-state index in [-0.39, 0.29) is 28.9 Å². The lowest BCUT2D eigenvalue weighted by Crippen LogP contribution is -2.02. The molecule has 4 heteroatoms. The number of phenolic OH excluding ortho intramolecular Hbond substituents is 4. The molecule has 0 bridgehead atoms. The Bertz CT molecular complexity index is 645. The first-order valence-electron chi connectivity index (χ1n) is 9.56. The highest BCUT2D eigenvalue weighted by molar-refractivity contribution is 5.50. The predicted octanol–water partition coefficient (Wildman–Crippen LogP) is 5.78. The molecule has 0 saturated heterocycles. The molecule has 0 saturated carbocycles. The molecule has 0 heterocycles. The van der Waals surface area contributed by atoms with Crippen molar-refractivity contribution >= 4 is 0 Å². The lowest BCUT2D eigenvalue weighted by molar-refractivity contribution is 0.432. The summed E-state index contributed by atoms with van der Waals surface area (Å²) in [5.74, 6) is -0.130. The van der Waals surface area contributed by atoms with Gasteiger partial charge in [0.2, 0.25) is 0 Å². The number of aromatic hydroxyl groups is 4. The minimum absolute atomic E-state index is 0.0100. The SMILES string of the molecule is CCCCCCCCCC(c1ccc(O)cc1O)c1ccc(O)cc1O. The summed E-state index contributed by atoms with van der Waals surface area (Å²) in [6.07, 6.45) is 9.11. The minimum atomic E-state index is -0.188. The third-order valence-electron chi connectivity index (χ3n) is 4.88. The van der Waals surface area contributed by atoms with Crippen LogP contribution in [0.15, 0.2) is 36.4 Å². The Morgan fingerprint density at radius 2 is 1.12 bits per heavy atom. The van der Waals surface area contributed by atoms with E-state index in [9.17, 15) is 20.4 Å². The second-order valence-electron chi connectivity index (χ2n) is 6.95. The molecule has 0 radical (unpaired) electrons. The van der Waals surface area contributed by atoms with Crippen LogP contribution in [0.3, 0.4) is 0 Å². The van der Waals surface area contributed by atoms with Crippen molar-refractivity contribution in [1.29, 1.82) is 0 Å². The van der Waals surface area contributed by atoms with Crippen LogP contribution in [0.2, 0.25) is 0 Å². The summed E-state index contributed by atoms with van der Waals surface area (Å²) in [6.45, 7) is 2.21. The fourth-order valence-corrected chi connectivity index (χ4v) is 3.44. The van der Waals surface area contributed by atoms with Crippen LogP contribution in [-0.2, 0) is 0 Å². The average molecular weight is 358 g/mol. The molecule has 2 rings (SSSR count).